The van der Waals surface area contributed by atoms with Crippen LogP contribution >= 0.6 is 0 Å². The summed E-state index contributed by atoms with van der Waals surface area (Å²) in [5.41, 5.74) is 0.317. The zero-order valence-corrected chi connectivity index (χ0v) is 8.37. The highest BCUT2D eigenvalue weighted by molar-refractivity contribution is 5.88. The highest BCUT2D eigenvalue weighted by Gasteiger charge is 2.23. The van der Waals surface area contributed by atoms with Crippen LogP contribution in [0.3, 0.4) is 0 Å². The van der Waals surface area contributed by atoms with Crippen molar-refractivity contribution >= 4 is 5.97 Å². The molecule has 0 aliphatic heterocycles. The number of methoxy groups -OCH3 is 1. The predicted octanol–water partition coefficient (Wildman–Crippen LogP) is 1.90. The molecule has 0 aromatic carbocycles. The lowest BCUT2D eigenvalue weighted by molar-refractivity contribution is -0.137. The summed E-state index contributed by atoms with van der Waals surface area (Å²) in [4.78, 5) is 11.1. The maximum atomic E-state index is 11.1. The van der Waals surface area contributed by atoms with Gasteiger partial charge in [0.15, 0.2) is 0 Å². The van der Waals surface area contributed by atoms with E-state index < -0.39 is 5.97 Å². The van der Waals surface area contributed by atoms with Crippen LogP contribution in [-0.4, -0.2) is 19.2 Å². The summed E-state index contributed by atoms with van der Waals surface area (Å²) < 4.78 is 9.69. The maximum absolute atomic E-state index is 11.1. The van der Waals surface area contributed by atoms with Crippen LogP contribution in [-0.2, 0) is 14.3 Å². The van der Waals surface area contributed by atoms with E-state index in [-0.39, 0.29) is 12.0 Å². The van der Waals surface area contributed by atoms with Gasteiger partial charge >= 0.3 is 5.97 Å². The van der Waals surface area contributed by atoms with Crippen molar-refractivity contribution in [2.45, 2.75) is 20.0 Å². The summed E-state index contributed by atoms with van der Waals surface area (Å²) in [6.45, 7) is 10.9. The van der Waals surface area contributed by atoms with Crippen molar-refractivity contribution in [2.75, 3.05) is 7.11 Å². The Hall–Kier alpha value is -1.25. The Morgan fingerprint density at radius 2 is 2.00 bits per heavy atom. The van der Waals surface area contributed by atoms with Gasteiger partial charge < -0.3 is 9.47 Å². The molecule has 74 valence electrons. The van der Waals surface area contributed by atoms with Crippen LogP contribution in [0.2, 0.25) is 0 Å². The SMILES string of the molecule is C=COC(C(=C)C(=O)OC)C(C)C. The number of esters is 1. The van der Waals surface area contributed by atoms with Crippen molar-refractivity contribution in [3.05, 3.63) is 25.0 Å². The van der Waals surface area contributed by atoms with E-state index in [9.17, 15) is 4.79 Å². The minimum absolute atomic E-state index is 0.157. The minimum atomic E-state index is -0.444. The van der Waals surface area contributed by atoms with Crippen molar-refractivity contribution in [3.63, 3.8) is 0 Å². The Bertz CT molecular complexity index is 206. The predicted molar refractivity (Wildman–Crippen MR) is 51.1 cm³/mol. The molecule has 0 aliphatic carbocycles. The average molecular weight is 184 g/mol. The number of ether oxygens (including phenoxy) is 2. The Kier molecular flexibility index (Phi) is 4.89. The molecule has 0 aromatic rings. The Balaban J connectivity index is 4.45. The third-order valence-electron chi connectivity index (χ3n) is 1.64. The fourth-order valence-corrected chi connectivity index (χ4v) is 0.993. The average Bonchev–Trinajstić information content (AvgIpc) is 2.11. The summed E-state index contributed by atoms with van der Waals surface area (Å²) in [5, 5.41) is 0. The number of carbonyl (C=O) groups excluding carboxylic acids is 1. The van der Waals surface area contributed by atoms with Gasteiger partial charge in [-0.3, -0.25) is 0 Å². The molecule has 13 heavy (non-hydrogen) atoms. The molecule has 0 aliphatic rings. The molecule has 0 saturated heterocycles. The summed E-state index contributed by atoms with van der Waals surface area (Å²) in [7, 11) is 1.32. The van der Waals surface area contributed by atoms with Gasteiger partial charge in [-0.25, -0.2) is 4.79 Å². The third kappa shape index (κ3) is 3.32. The standard InChI is InChI=1S/C10H16O3/c1-6-13-9(7(2)3)8(4)10(11)12-5/h6-7,9H,1,4H2,2-3,5H3. The van der Waals surface area contributed by atoms with Crippen molar-refractivity contribution in [1.82, 2.24) is 0 Å². The smallest absolute Gasteiger partial charge is 0.336 e. The van der Waals surface area contributed by atoms with Gasteiger partial charge in [-0.05, 0) is 5.92 Å². The highest BCUT2D eigenvalue weighted by Crippen LogP contribution is 2.16. The fraction of sp³-hybridized carbons (Fsp3) is 0.500. The second-order valence-electron chi connectivity index (χ2n) is 2.98. The van der Waals surface area contributed by atoms with Gasteiger partial charge in [-0.2, -0.15) is 0 Å². The van der Waals surface area contributed by atoms with Crippen molar-refractivity contribution in [1.29, 1.82) is 0 Å². The van der Waals surface area contributed by atoms with E-state index >= 15 is 0 Å². The van der Waals surface area contributed by atoms with Crippen LogP contribution in [0.15, 0.2) is 25.0 Å². The summed E-state index contributed by atoms with van der Waals surface area (Å²) in [5.74, 6) is -0.287. The van der Waals surface area contributed by atoms with Crippen LogP contribution in [0, 0.1) is 5.92 Å². The largest absolute Gasteiger partial charge is 0.493 e. The zero-order chi connectivity index (χ0) is 10.4. The first kappa shape index (κ1) is 11.8. The summed E-state index contributed by atoms with van der Waals surface area (Å²) >= 11 is 0. The topological polar surface area (TPSA) is 35.5 Å². The number of hydrogen-bond acceptors (Lipinski definition) is 3. The molecule has 1 unspecified atom stereocenters. The molecule has 0 heterocycles. The van der Waals surface area contributed by atoms with E-state index in [0.29, 0.717) is 5.57 Å². The second kappa shape index (κ2) is 5.41. The normalized spacial score (nSPS) is 12.0. The molecular weight excluding hydrogens is 168 g/mol. The van der Waals surface area contributed by atoms with E-state index in [4.69, 9.17) is 4.74 Å². The molecule has 0 rings (SSSR count). The van der Waals surface area contributed by atoms with Crippen LogP contribution < -0.4 is 0 Å². The first-order valence-electron chi connectivity index (χ1n) is 4.08. The molecule has 0 saturated carbocycles. The van der Waals surface area contributed by atoms with Crippen molar-refractivity contribution in [3.8, 4) is 0 Å². The zero-order valence-electron chi connectivity index (χ0n) is 8.37. The van der Waals surface area contributed by atoms with Gasteiger partial charge in [0, 0.05) is 0 Å². The molecular formula is C10H16O3. The molecule has 3 nitrogen and oxygen atoms in total. The lowest BCUT2D eigenvalue weighted by Gasteiger charge is -2.20. The maximum Gasteiger partial charge on any atom is 0.336 e. The van der Waals surface area contributed by atoms with Gasteiger partial charge in [0.1, 0.15) is 6.10 Å². The lowest BCUT2D eigenvalue weighted by atomic mass is 10.0. The first-order chi connectivity index (χ1) is 6.04. The van der Waals surface area contributed by atoms with Gasteiger partial charge in [0.25, 0.3) is 0 Å². The van der Waals surface area contributed by atoms with Crippen LogP contribution in [0.4, 0.5) is 0 Å². The van der Waals surface area contributed by atoms with Gasteiger partial charge in [-0.1, -0.05) is 27.0 Å². The van der Waals surface area contributed by atoms with Gasteiger partial charge in [0.05, 0.1) is 18.9 Å². The van der Waals surface area contributed by atoms with Crippen molar-refractivity contribution < 1.29 is 14.3 Å². The molecule has 0 aromatic heterocycles. The molecule has 0 fully saturated rings. The van der Waals surface area contributed by atoms with Crippen LogP contribution in [0.5, 0.6) is 0 Å². The van der Waals surface area contributed by atoms with Crippen LogP contribution in [0.25, 0.3) is 0 Å². The number of rotatable bonds is 5. The summed E-state index contributed by atoms with van der Waals surface area (Å²) in [6.07, 6.45) is 0.948. The lowest BCUT2D eigenvalue weighted by Crippen LogP contribution is -2.25. The number of hydrogen-bond donors (Lipinski definition) is 0. The third-order valence-corrected chi connectivity index (χ3v) is 1.64. The monoisotopic (exact) mass is 184 g/mol. The molecule has 1 atom stereocenters. The molecule has 3 heteroatoms. The van der Waals surface area contributed by atoms with Crippen molar-refractivity contribution in [2.24, 2.45) is 5.92 Å². The van der Waals surface area contributed by atoms with Gasteiger partial charge in [-0.15, -0.1) is 0 Å². The Morgan fingerprint density at radius 1 is 1.46 bits per heavy atom. The highest BCUT2D eigenvalue weighted by atomic mass is 16.5. The molecule has 0 spiro atoms. The fourth-order valence-electron chi connectivity index (χ4n) is 0.993. The first-order valence-corrected chi connectivity index (χ1v) is 4.08. The molecule has 0 amide bonds. The Labute approximate surface area is 79.0 Å². The van der Waals surface area contributed by atoms with E-state index in [1.165, 1.54) is 13.4 Å². The Morgan fingerprint density at radius 3 is 2.31 bits per heavy atom. The van der Waals surface area contributed by atoms with E-state index in [1.807, 2.05) is 13.8 Å². The number of carbonyl (C=O) groups is 1. The van der Waals surface area contributed by atoms with E-state index in [2.05, 4.69) is 17.9 Å². The van der Waals surface area contributed by atoms with E-state index in [0.717, 1.165) is 0 Å². The molecule has 0 N–H and O–H groups in total. The van der Waals surface area contributed by atoms with Crippen LogP contribution in [0.1, 0.15) is 13.8 Å². The second-order valence-corrected chi connectivity index (χ2v) is 2.98. The molecule has 0 bridgehead atoms. The quantitative estimate of drug-likeness (QED) is 0.372. The van der Waals surface area contributed by atoms with E-state index in [1.54, 1.807) is 0 Å². The summed E-state index contributed by atoms with van der Waals surface area (Å²) in [6, 6.07) is 0. The van der Waals surface area contributed by atoms with Gasteiger partial charge in [0.2, 0.25) is 0 Å². The molecule has 0 radical (unpaired) electrons. The minimum Gasteiger partial charge on any atom is -0.493 e.